The van der Waals surface area contributed by atoms with E-state index in [0.29, 0.717) is 28.6 Å². The minimum Gasteiger partial charge on any atom is -0.366 e. The van der Waals surface area contributed by atoms with E-state index in [9.17, 15) is 14.4 Å². The molecule has 0 radical (unpaired) electrons. The van der Waals surface area contributed by atoms with Gasteiger partial charge in [0.25, 0.3) is 0 Å². The van der Waals surface area contributed by atoms with E-state index in [0.717, 1.165) is 19.4 Å². The molecule has 2 heterocycles. The van der Waals surface area contributed by atoms with Gasteiger partial charge in [-0.1, -0.05) is 11.6 Å². The summed E-state index contributed by atoms with van der Waals surface area (Å²) >= 11 is 5.82. The zero-order chi connectivity index (χ0) is 21.7. The molecule has 1 aromatic heterocycles. The minimum absolute atomic E-state index is 0.121. The third-order valence-electron chi connectivity index (χ3n) is 5.17. The lowest BCUT2D eigenvalue weighted by atomic mass is 9.96. The van der Waals surface area contributed by atoms with Crippen LogP contribution in [0.3, 0.4) is 0 Å². The van der Waals surface area contributed by atoms with E-state index in [1.807, 2.05) is 11.8 Å². The molecule has 2 aromatic rings. The number of pyridine rings is 1. The molecule has 9 heteroatoms. The van der Waals surface area contributed by atoms with Crippen molar-refractivity contribution in [3.8, 4) is 0 Å². The van der Waals surface area contributed by atoms with Crippen LogP contribution < -0.4 is 16.4 Å². The number of carbonyl (C=O) groups is 3. The van der Waals surface area contributed by atoms with E-state index in [1.165, 1.54) is 6.20 Å². The number of benzene rings is 1. The highest BCUT2D eigenvalue weighted by Crippen LogP contribution is 2.21. The van der Waals surface area contributed by atoms with E-state index in [1.54, 1.807) is 36.4 Å². The van der Waals surface area contributed by atoms with E-state index >= 15 is 0 Å². The third kappa shape index (κ3) is 5.55. The molecule has 30 heavy (non-hydrogen) atoms. The van der Waals surface area contributed by atoms with E-state index < -0.39 is 11.9 Å². The van der Waals surface area contributed by atoms with Crippen LogP contribution in [0.5, 0.6) is 0 Å². The number of carbonyl (C=O) groups excluding carboxylic acids is 3. The monoisotopic (exact) mass is 429 g/mol. The Morgan fingerprint density at radius 1 is 1.17 bits per heavy atom. The van der Waals surface area contributed by atoms with Crippen molar-refractivity contribution in [1.29, 1.82) is 0 Å². The maximum absolute atomic E-state index is 12.7. The van der Waals surface area contributed by atoms with Crippen LogP contribution in [0.25, 0.3) is 0 Å². The van der Waals surface area contributed by atoms with Gasteiger partial charge in [0.15, 0.2) is 0 Å². The average molecular weight is 430 g/mol. The second-order valence-electron chi connectivity index (χ2n) is 7.29. The molecule has 4 N–H and O–H groups in total. The first-order chi connectivity index (χ1) is 14.3. The predicted octanol–water partition coefficient (Wildman–Crippen LogP) is 2.51. The fourth-order valence-electron chi connectivity index (χ4n) is 3.38. The van der Waals surface area contributed by atoms with Gasteiger partial charge in [-0.2, -0.15) is 0 Å². The summed E-state index contributed by atoms with van der Waals surface area (Å²) in [5.41, 5.74) is 6.18. The lowest BCUT2D eigenvalue weighted by Gasteiger charge is -2.35. The van der Waals surface area contributed by atoms with Crippen molar-refractivity contribution in [2.75, 3.05) is 23.7 Å². The maximum atomic E-state index is 12.7. The van der Waals surface area contributed by atoms with Gasteiger partial charge in [-0.3, -0.25) is 19.3 Å². The number of primary amides is 1. The first-order valence-electron chi connectivity index (χ1n) is 9.70. The summed E-state index contributed by atoms with van der Waals surface area (Å²) in [6.45, 7) is 3.03. The maximum Gasteiger partial charge on any atom is 0.248 e. The Morgan fingerprint density at radius 3 is 2.53 bits per heavy atom. The first-order valence-corrected chi connectivity index (χ1v) is 10.1. The van der Waals surface area contributed by atoms with Gasteiger partial charge in [0.1, 0.15) is 5.82 Å². The number of nitrogens with one attached hydrogen (secondary N) is 2. The Bertz CT molecular complexity index is 917. The summed E-state index contributed by atoms with van der Waals surface area (Å²) in [7, 11) is 0. The number of nitrogens with two attached hydrogens (primary N) is 1. The van der Waals surface area contributed by atoms with Crippen LogP contribution in [0, 0.1) is 5.92 Å². The van der Waals surface area contributed by atoms with E-state index in [2.05, 4.69) is 15.6 Å². The molecule has 1 fully saturated rings. The zero-order valence-electron chi connectivity index (χ0n) is 16.6. The van der Waals surface area contributed by atoms with Gasteiger partial charge in [0.2, 0.25) is 17.7 Å². The molecule has 1 aliphatic rings. The SMILES string of the molecule is CC(C(=O)Nc1ccc(C(N)=O)cc1)N1CCCC(C(=O)Nc2ccc(Cl)cn2)C1. The molecule has 158 valence electrons. The highest BCUT2D eigenvalue weighted by atomic mass is 35.5. The van der Waals surface area contributed by atoms with Crippen LogP contribution in [0.2, 0.25) is 5.02 Å². The van der Waals surface area contributed by atoms with E-state index in [4.69, 9.17) is 17.3 Å². The molecular formula is C21H24ClN5O3. The Labute approximate surface area is 179 Å². The number of aromatic nitrogens is 1. The van der Waals surface area contributed by atoms with Gasteiger partial charge in [0.05, 0.1) is 17.0 Å². The van der Waals surface area contributed by atoms with E-state index in [-0.39, 0.29) is 17.7 Å². The number of anilines is 2. The smallest absolute Gasteiger partial charge is 0.248 e. The molecule has 0 saturated carbocycles. The molecule has 2 atom stereocenters. The average Bonchev–Trinajstić information content (AvgIpc) is 2.75. The Balaban J connectivity index is 1.56. The lowest BCUT2D eigenvalue weighted by Crippen LogP contribution is -2.49. The second kappa shape index (κ2) is 9.69. The van der Waals surface area contributed by atoms with Crippen molar-refractivity contribution in [1.82, 2.24) is 9.88 Å². The molecule has 8 nitrogen and oxygen atoms in total. The van der Waals surface area contributed by atoms with Crippen LogP contribution in [0.4, 0.5) is 11.5 Å². The molecule has 1 aliphatic heterocycles. The molecule has 3 rings (SSSR count). The lowest BCUT2D eigenvalue weighted by molar-refractivity contribution is -0.125. The van der Waals surface area contributed by atoms with Crippen molar-refractivity contribution in [3.63, 3.8) is 0 Å². The van der Waals surface area contributed by atoms with Crippen molar-refractivity contribution in [3.05, 3.63) is 53.2 Å². The minimum atomic E-state index is -0.521. The molecule has 1 saturated heterocycles. The molecule has 0 spiro atoms. The Morgan fingerprint density at radius 2 is 1.90 bits per heavy atom. The van der Waals surface area contributed by atoms with Crippen molar-refractivity contribution in [2.24, 2.45) is 11.7 Å². The van der Waals surface area contributed by atoms with Crippen molar-refractivity contribution < 1.29 is 14.4 Å². The first kappa shape index (κ1) is 21.7. The summed E-state index contributed by atoms with van der Waals surface area (Å²) in [5, 5.41) is 6.15. The van der Waals surface area contributed by atoms with Gasteiger partial charge in [-0.15, -0.1) is 0 Å². The normalized spacial score (nSPS) is 17.7. The standard InChI is InChI=1S/C21H24ClN5O3/c1-13(20(29)25-17-7-4-14(5-8-17)19(23)28)27-10-2-3-15(12-27)21(30)26-18-9-6-16(22)11-24-18/h4-9,11,13,15H,2-3,10,12H2,1H3,(H2,23,28)(H,25,29)(H,24,26,30). The van der Waals surface area contributed by atoms with Gasteiger partial charge in [-0.25, -0.2) is 4.98 Å². The Hall–Kier alpha value is -2.97. The quantitative estimate of drug-likeness (QED) is 0.652. The molecule has 2 unspecified atom stereocenters. The van der Waals surface area contributed by atoms with Crippen LogP contribution in [-0.2, 0) is 9.59 Å². The van der Waals surface area contributed by atoms with Crippen molar-refractivity contribution in [2.45, 2.75) is 25.8 Å². The number of likely N-dealkylation sites (tertiary alicyclic amines) is 1. The number of hydrogen-bond acceptors (Lipinski definition) is 5. The van der Waals surface area contributed by atoms with Crippen molar-refractivity contribution >= 4 is 40.8 Å². The summed E-state index contributed by atoms with van der Waals surface area (Å²) in [5.74, 6) is -0.604. The molecule has 3 amide bonds. The number of nitrogens with zero attached hydrogens (tertiary/aromatic N) is 2. The van der Waals surface area contributed by atoms with Gasteiger partial charge < -0.3 is 16.4 Å². The molecule has 0 aliphatic carbocycles. The van der Waals surface area contributed by atoms with Crippen LogP contribution >= 0.6 is 11.6 Å². The fourth-order valence-corrected chi connectivity index (χ4v) is 3.49. The van der Waals surface area contributed by atoms with Gasteiger partial charge in [0, 0.05) is 24.0 Å². The number of hydrogen-bond donors (Lipinski definition) is 3. The van der Waals surface area contributed by atoms with Crippen LogP contribution in [-0.4, -0.2) is 46.7 Å². The van der Waals surface area contributed by atoms with Gasteiger partial charge >= 0.3 is 0 Å². The predicted molar refractivity (Wildman–Crippen MR) is 115 cm³/mol. The summed E-state index contributed by atoms with van der Waals surface area (Å²) in [6.07, 6.45) is 3.04. The number of rotatable bonds is 6. The summed E-state index contributed by atoms with van der Waals surface area (Å²) < 4.78 is 0. The van der Waals surface area contributed by atoms with Crippen LogP contribution in [0.15, 0.2) is 42.6 Å². The highest BCUT2D eigenvalue weighted by molar-refractivity contribution is 6.30. The van der Waals surface area contributed by atoms with Gasteiger partial charge in [-0.05, 0) is 62.7 Å². The topological polar surface area (TPSA) is 117 Å². The summed E-state index contributed by atoms with van der Waals surface area (Å²) in [4.78, 5) is 42.5. The second-order valence-corrected chi connectivity index (χ2v) is 7.73. The number of piperidine rings is 1. The fraction of sp³-hybridized carbons (Fsp3) is 0.333. The van der Waals surface area contributed by atoms with Crippen LogP contribution in [0.1, 0.15) is 30.1 Å². The molecular weight excluding hydrogens is 406 g/mol. The highest BCUT2D eigenvalue weighted by Gasteiger charge is 2.31. The zero-order valence-corrected chi connectivity index (χ0v) is 17.4. The number of halogens is 1. The number of amides is 3. The molecule has 0 bridgehead atoms. The largest absolute Gasteiger partial charge is 0.366 e. The Kier molecular flexibility index (Phi) is 7.02. The molecule has 1 aromatic carbocycles. The summed E-state index contributed by atoms with van der Waals surface area (Å²) in [6, 6.07) is 9.31. The third-order valence-corrected chi connectivity index (χ3v) is 5.39.